The molecule has 3 aromatic heterocycles. The molecule has 1 saturated carbocycles. The number of hydrogen-bond acceptors (Lipinski definition) is 6. The molecule has 0 unspecified atom stereocenters. The predicted molar refractivity (Wildman–Crippen MR) is 99.8 cm³/mol. The number of nitrogens with zero attached hydrogens (tertiary/aromatic N) is 4. The Labute approximate surface area is 155 Å². The summed E-state index contributed by atoms with van der Waals surface area (Å²) in [6.45, 7) is 1.83. The van der Waals surface area contributed by atoms with Gasteiger partial charge in [0.05, 0.1) is 5.69 Å². The molecule has 7 nitrogen and oxygen atoms in total. The van der Waals surface area contributed by atoms with Gasteiger partial charge < -0.3 is 9.14 Å². The van der Waals surface area contributed by atoms with Crippen LogP contribution in [0.4, 0.5) is 5.13 Å². The van der Waals surface area contributed by atoms with E-state index in [0.29, 0.717) is 22.4 Å². The van der Waals surface area contributed by atoms with Crippen LogP contribution in [0.1, 0.15) is 48.7 Å². The van der Waals surface area contributed by atoms with Gasteiger partial charge in [0, 0.05) is 18.3 Å². The summed E-state index contributed by atoms with van der Waals surface area (Å²) in [6, 6.07) is 3.67. The summed E-state index contributed by atoms with van der Waals surface area (Å²) in [5.74, 6) is 0.821. The van der Waals surface area contributed by atoms with Crippen molar-refractivity contribution in [3.8, 4) is 5.75 Å². The number of ether oxygens (including phenoxy) is 1. The van der Waals surface area contributed by atoms with Crippen LogP contribution in [0.5, 0.6) is 5.75 Å². The summed E-state index contributed by atoms with van der Waals surface area (Å²) in [5, 5.41) is 12.7. The second kappa shape index (κ2) is 7.41. The Bertz CT molecular complexity index is 913. The van der Waals surface area contributed by atoms with Crippen molar-refractivity contribution >= 4 is 28.0 Å². The fourth-order valence-electron chi connectivity index (χ4n) is 3.32. The molecule has 0 radical (unpaired) electrons. The van der Waals surface area contributed by atoms with Crippen molar-refractivity contribution in [3.63, 3.8) is 0 Å². The van der Waals surface area contributed by atoms with E-state index in [9.17, 15) is 4.79 Å². The van der Waals surface area contributed by atoms with Crippen LogP contribution in [-0.2, 0) is 4.79 Å². The van der Waals surface area contributed by atoms with Crippen LogP contribution >= 0.6 is 11.3 Å². The van der Waals surface area contributed by atoms with E-state index in [1.807, 2.05) is 29.8 Å². The Kier molecular flexibility index (Phi) is 4.83. The summed E-state index contributed by atoms with van der Waals surface area (Å²) in [4.78, 5) is 16.6. The highest BCUT2D eigenvalue weighted by atomic mass is 32.1. The Balaban J connectivity index is 1.36. The van der Waals surface area contributed by atoms with Crippen molar-refractivity contribution in [2.24, 2.45) is 0 Å². The number of carbonyl (C=O) groups excluding carboxylic acids is 1. The molecule has 1 N–H and O–H groups in total. The van der Waals surface area contributed by atoms with Crippen LogP contribution in [0.2, 0.25) is 0 Å². The van der Waals surface area contributed by atoms with Gasteiger partial charge >= 0.3 is 0 Å². The first kappa shape index (κ1) is 17.0. The molecular formula is C18H21N5O2S. The molecule has 136 valence electrons. The molecule has 0 aliphatic heterocycles. The summed E-state index contributed by atoms with van der Waals surface area (Å²) < 4.78 is 7.53. The topological polar surface area (TPSA) is 81.4 Å². The molecule has 0 aromatic carbocycles. The van der Waals surface area contributed by atoms with E-state index < -0.39 is 0 Å². The molecule has 1 aliphatic rings. The van der Waals surface area contributed by atoms with Crippen molar-refractivity contribution < 1.29 is 9.53 Å². The number of imidazole rings is 1. The SMILES string of the molecule is Cc1cn2cccc(OCC(=O)Nc3nnc(C4CCCCC4)s3)c2n1. The lowest BCUT2D eigenvalue weighted by Gasteiger charge is -2.18. The van der Waals surface area contributed by atoms with Crippen molar-refractivity contribution in [1.82, 2.24) is 19.6 Å². The van der Waals surface area contributed by atoms with Crippen molar-refractivity contribution in [2.75, 3.05) is 11.9 Å². The van der Waals surface area contributed by atoms with Crippen LogP contribution in [-0.4, -0.2) is 32.1 Å². The van der Waals surface area contributed by atoms with Crippen LogP contribution in [0.25, 0.3) is 5.65 Å². The molecule has 3 heterocycles. The minimum absolute atomic E-state index is 0.0933. The molecule has 1 fully saturated rings. The maximum absolute atomic E-state index is 12.2. The lowest BCUT2D eigenvalue weighted by Crippen LogP contribution is -2.20. The third-order valence-corrected chi connectivity index (χ3v) is 5.57. The molecule has 0 atom stereocenters. The second-order valence-electron chi connectivity index (χ2n) is 6.60. The number of rotatable bonds is 5. The average Bonchev–Trinajstić information content (AvgIpc) is 3.26. The second-order valence-corrected chi connectivity index (χ2v) is 7.61. The largest absolute Gasteiger partial charge is 0.480 e. The lowest BCUT2D eigenvalue weighted by molar-refractivity contribution is -0.118. The fraction of sp³-hybridized carbons (Fsp3) is 0.444. The zero-order valence-corrected chi connectivity index (χ0v) is 15.5. The van der Waals surface area contributed by atoms with Gasteiger partial charge in [-0.2, -0.15) is 0 Å². The highest BCUT2D eigenvalue weighted by molar-refractivity contribution is 7.15. The van der Waals surface area contributed by atoms with Gasteiger partial charge in [-0.1, -0.05) is 30.6 Å². The van der Waals surface area contributed by atoms with Crippen molar-refractivity contribution in [3.05, 3.63) is 35.2 Å². The van der Waals surface area contributed by atoms with Crippen LogP contribution < -0.4 is 10.1 Å². The number of nitrogens with one attached hydrogen (secondary N) is 1. The minimum Gasteiger partial charge on any atom is -0.480 e. The molecule has 0 bridgehead atoms. The van der Waals surface area contributed by atoms with E-state index in [-0.39, 0.29) is 12.5 Å². The molecule has 0 spiro atoms. The Hall–Kier alpha value is -2.48. The van der Waals surface area contributed by atoms with E-state index in [4.69, 9.17) is 4.74 Å². The fourth-order valence-corrected chi connectivity index (χ4v) is 4.25. The van der Waals surface area contributed by atoms with Gasteiger partial charge in [-0.15, -0.1) is 10.2 Å². The molecule has 0 saturated heterocycles. The zero-order chi connectivity index (χ0) is 17.9. The monoisotopic (exact) mass is 371 g/mol. The highest BCUT2D eigenvalue weighted by Crippen LogP contribution is 2.35. The molecule has 1 amide bonds. The molecule has 8 heteroatoms. The van der Waals surface area contributed by atoms with Crippen LogP contribution in [0, 0.1) is 6.92 Å². The third-order valence-electron chi connectivity index (χ3n) is 4.57. The minimum atomic E-state index is -0.248. The van der Waals surface area contributed by atoms with Gasteiger partial charge in [0.1, 0.15) is 5.01 Å². The van der Waals surface area contributed by atoms with Gasteiger partial charge in [0.2, 0.25) is 5.13 Å². The first-order valence-electron chi connectivity index (χ1n) is 8.89. The van der Waals surface area contributed by atoms with E-state index >= 15 is 0 Å². The van der Waals surface area contributed by atoms with Gasteiger partial charge in [-0.3, -0.25) is 10.1 Å². The normalized spacial score (nSPS) is 15.3. The Morgan fingerprint density at radius 1 is 1.35 bits per heavy atom. The summed E-state index contributed by atoms with van der Waals surface area (Å²) >= 11 is 1.47. The highest BCUT2D eigenvalue weighted by Gasteiger charge is 2.20. The first-order valence-corrected chi connectivity index (χ1v) is 9.71. The van der Waals surface area contributed by atoms with Crippen LogP contribution in [0.3, 0.4) is 0 Å². The average molecular weight is 371 g/mol. The number of amides is 1. The lowest BCUT2D eigenvalue weighted by atomic mass is 9.90. The Morgan fingerprint density at radius 2 is 2.19 bits per heavy atom. The number of fused-ring (bicyclic) bond motifs is 1. The van der Waals surface area contributed by atoms with E-state index in [0.717, 1.165) is 10.7 Å². The predicted octanol–water partition coefficient (Wildman–Crippen LogP) is 3.56. The van der Waals surface area contributed by atoms with Gasteiger partial charge in [-0.05, 0) is 31.9 Å². The summed E-state index contributed by atoms with van der Waals surface area (Å²) in [6.07, 6.45) is 9.95. The number of aromatic nitrogens is 4. The Morgan fingerprint density at radius 3 is 3.04 bits per heavy atom. The maximum Gasteiger partial charge on any atom is 0.264 e. The van der Waals surface area contributed by atoms with E-state index in [1.54, 1.807) is 6.07 Å². The molecule has 26 heavy (non-hydrogen) atoms. The number of aryl methyl sites for hydroxylation is 1. The number of hydrogen-bond donors (Lipinski definition) is 1. The van der Waals surface area contributed by atoms with Gasteiger partial charge in [-0.25, -0.2) is 4.98 Å². The van der Waals surface area contributed by atoms with Crippen molar-refractivity contribution in [2.45, 2.75) is 44.9 Å². The molecular weight excluding hydrogens is 350 g/mol. The van der Waals surface area contributed by atoms with E-state index in [1.165, 1.54) is 43.4 Å². The summed E-state index contributed by atoms with van der Waals surface area (Å²) in [7, 11) is 0. The van der Waals surface area contributed by atoms with Gasteiger partial charge in [0.15, 0.2) is 18.0 Å². The van der Waals surface area contributed by atoms with Crippen molar-refractivity contribution in [1.29, 1.82) is 0 Å². The first-order chi connectivity index (χ1) is 12.7. The molecule has 4 rings (SSSR count). The van der Waals surface area contributed by atoms with E-state index in [2.05, 4.69) is 20.5 Å². The van der Waals surface area contributed by atoms with Crippen LogP contribution in [0.15, 0.2) is 24.5 Å². The number of anilines is 1. The maximum atomic E-state index is 12.2. The smallest absolute Gasteiger partial charge is 0.264 e. The molecule has 1 aliphatic carbocycles. The van der Waals surface area contributed by atoms with Gasteiger partial charge in [0.25, 0.3) is 5.91 Å². The standard InChI is InChI=1S/C18H21N5O2S/c1-12-10-23-9-5-8-14(16(23)19-12)25-11-15(24)20-18-22-21-17(26-18)13-6-3-2-4-7-13/h5,8-10,13H,2-4,6-7,11H2,1H3,(H,20,22,24). The number of carbonyl (C=O) groups is 1. The third kappa shape index (κ3) is 3.70. The quantitative estimate of drug-likeness (QED) is 0.742. The zero-order valence-electron chi connectivity index (χ0n) is 14.6. The molecule has 3 aromatic rings. The summed E-state index contributed by atoms with van der Waals surface area (Å²) in [5.41, 5.74) is 1.60. The number of pyridine rings is 1.